The Hall–Kier alpha value is -2.15. The fourth-order valence-corrected chi connectivity index (χ4v) is 4.12. The van der Waals surface area contributed by atoms with Gasteiger partial charge in [-0.1, -0.05) is 37.3 Å². The van der Waals surface area contributed by atoms with Crippen molar-refractivity contribution in [3.8, 4) is 5.75 Å². The molecule has 7 heteroatoms. The van der Waals surface area contributed by atoms with Crippen LogP contribution in [-0.4, -0.2) is 29.8 Å². The summed E-state index contributed by atoms with van der Waals surface area (Å²) >= 11 is 1.40. The van der Waals surface area contributed by atoms with Crippen LogP contribution in [0, 0.1) is 5.41 Å². The predicted molar refractivity (Wildman–Crippen MR) is 98.7 cm³/mol. The molecule has 1 saturated carbocycles. The van der Waals surface area contributed by atoms with Crippen LogP contribution in [0.3, 0.4) is 0 Å². The second kappa shape index (κ2) is 6.63. The molecule has 0 saturated heterocycles. The van der Waals surface area contributed by atoms with Gasteiger partial charge in [0.15, 0.2) is 0 Å². The van der Waals surface area contributed by atoms with Gasteiger partial charge in [-0.15, -0.1) is 10.2 Å². The van der Waals surface area contributed by atoms with Gasteiger partial charge < -0.3 is 15.8 Å². The lowest BCUT2D eigenvalue weighted by Crippen LogP contribution is -2.38. The normalized spacial score (nSPS) is 20.9. The van der Waals surface area contributed by atoms with E-state index in [9.17, 15) is 4.79 Å². The average Bonchev–Trinajstić information content (AvgIpc) is 2.95. The maximum atomic E-state index is 12.9. The quantitative estimate of drug-likeness (QED) is 0.741. The standard InChI is InChI=1S/C18H24N4O2S/c1-17(2)11-18(17,12-6-8-13(24-3)9-7-12)15(23)20-10-4-5-14-21-22-16(19)25-14/h6-9H,4-5,10-11H2,1-3H3,(H2,19,22)(H,20,23)/t18-/m1/s1. The highest BCUT2D eigenvalue weighted by Crippen LogP contribution is 2.64. The number of nitrogen functional groups attached to an aromatic ring is 1. The van der Waals surface area contributed by atoms with Crippen LogP contribution in [0.5, 0.6) is 5.75 Å². The number of nitrogens with zero attached hydrogens (tertiary/aromatic N) is 2. The Morgan fingerprint density at radius 1 is 1.32 bits per heavy atom. The Bertz CT molecular complexity index is 757. The molecular weight excluding hydrogens is 336 g/mol. The van der Waals surface area contributed by atoms with E-state index >= 15 is 0 Å². The first-order chi connectivity index (χ1) is 11.9. The number of rotatable bonds is 7. The number of hydrogen-bond donors (Lipinski definition) is 2. The van der Waals surface area contributed by atoms with Gasteiger partial charge in [0.2, 0.25) is 11.0 Å². The van der Waals surface area contributed by atoms with Gasteiger partial charge in [-0.25, -0.2) is 0 Å². The zero-order valence-corrected chi connectivity index (χ0v) is 15.7. The minimum atomic E-state index is -0.452. The van der Waals surface area contributed by atoms with E-state index in [1.807, 2.05) is 24.3 Å². The van der Waals surface area contributed by atoms with Gasteiger partial charge in [-0.2, -0.15) is 0 Å². The molecule has 1 aromatic carbocycles. The first kappa shape index (κ1) is 17.7. The lowest BCUT2D eigenvalue weighted by Gasteiger charge is -2.21. The number of nitrogens with two attached hydrogens (primary N) is 1. The number of aromatic nitrogens is 2. The van der Waals surface area contributed by atoms with Crippen molar-refractivity contribution in [2.75, 3.05) is 19.4 Å². The molecule has 1 fully saturated rings. The van der Waals surface area contributed by atoms with Crippen molar-refractivity contribution in [1.29, 1.82) is 0 Å². The highest BCUT2D eigenvalue weighted by atomic mass is 32.1. The van der Waals surface area contributed by atoms with Crippen LogP contribution in [0.2, 0.25) is 0 Å². The molecule has 2 aromatic rings. The molecule has 6 nitrogen and oxygen atoms in total. The average molecular weight is 360 g/mol. The highest BCUT2D eigenvalue weighted by Gasteiger charge is 2.66. The first-order valence-corrected chi connectivity index (χ1v) is 9.21. The monoisotopic (exact) mass is 360 g/mol. The van der Waals surface area contributed by atoms with Gasteiger partial charge in [0, 0.05) is 13.0 Å². The van der Waals surface area contributed by atoms with Gasteiger partial charge in [0.25, 0.3) is 0 Å². The molecule has 0 radical (unpaired) electrons. The number of benzene rings is 1. The van der Waals surface area contributed by atoms with Gasteiger partial charge in [0.05, 0.1) is 12.5 Å². The van der Waals surface area contributed by atoms with Crippen LogP contribution < -0.4 is 15.8 Å². The SMILES string of the molecule is COc1ccc([C@@]2(C(=O)NCCCc3nnc(N)s3)CC2(C)C)cc1. The second-order valence-electron chi connectivity index (χ2n) is 7.09. The van der Waals surface area contributed by atoms with E-state index in [0.29, 0.717) is 11.7 Å². The van der Waals surface area contributed by atoms with E-state index in [0.717, 1.165) is 35.6 Å². The molecule has 1 heterocycles. The number of aryl methyl sites for hydroxylation is 1. The molecule has 134 valence electrons. The third kappa shape index (κ3) is 3.33. The molecule has 0 aliphatic heterocycles. The number of ether oxygens (including phenoxy) is 1. The predicted octanol–water partition coefficient (Wildman–Crippen LogP) is 2.55. The Kier molecular flexibility index (Phi) is 4.69. The molecule has 1 amide bonds. The summed E-state index contributed by atoms with van der Waals surface area (Å²) in [4.78, 5) is 12.9. The van der Waals surface area contributed by atoms with Crippen LogP contribution in [0.1, 0.15) is 37.3 Å². The Morgan fingerprint density at radius 3 is 2.52 bits per heavy atom. The van der Waals surface area contributed by atoms with E-state index in [1.165, 1.54) is 11.3 Å². The Labute approximate surface area is 151 Å². The first-order valence-electron chi connectivity index (χ1n) is 8.40. The molecule has 1 atom stereocenters. The number of nitrogens with one attached hydrogen (secondary N) is 1. The minimum absolute atomic E-state index is 0.0423. The summed E-state index contributed by atoms with van der Waals surface area (Å²) in [6, 6.07) is 7.83. The third-order valence-electron chi connectivity index (χ3n) is 5.04. The summed E-state index contributed by atoms with van der Waals surface area (Å²) in [6.07, 6.45) is 2.44. The topological polar surface area (TPSA) is 90.1 Å². The van der Waals surface area contributed by atoms with Crippen LogP contribution in [0.15, 0.2) is 24.3 Å². The van der Waals surface area contributed by atoms with E-state index in [1.54, 1.807) is 7.11 Å². The second-order valence-corrected chi connectivity index (χ2v) is 8.18. The molecule has 3 rings (SSSR count). The lowest BCUT2D eigenvalue weighted by molar-refractivity contribution is -0.124. The molecule has 1 aliphatic rings. The van der Waals surface area contributed by atoms with Crippen LogP contribution >= 0.6 is 11.3 Å². The highest BCUT2D eigenvalue weighted by molar-refractivity contribution is 7.15. The van der Waals surface area contributed by atoms with Crippen molar-refractivity contribution in [3.05, 3.63) is 34.8 Å². The number of carbonyl (C=O) groups excluding carboxylic acids is 1. The number of anilines is 1. The van der Waals surface area contributed by atoms with Gasteiger partial charge in [0.1, 0.15) is 10.8 Å². The van der Waals surface area contributed by atoms with Crippen molar-refractivity contribution >= 4 is 22.4 Å². The van der Waals surface area contributed by atoms with E-state index < -0.39 is 5.41 Å². The van der Waals surface area contributed by atoms with Gasteiger partial charge in [-0.05, 0) is 36.0 Å². The number of carbonyl (C=O) groups is 1. The molecule has 1 aromatic heterocycles. The van der Waals surface area contributed by atoms with Crippen LogP contribution in [0.25, 0.3) is 0 Å². The van der Waals surface area contributed by atoms with Gasteiger partial charge in [-0.3, -0.25) is 4.79 Å². The molecule has 25 heavy (non-hydrogen) atoms. The van der Waals surface area contributed by atoms with Crippen molar-refractivity contribution in [2.45, 2.75) is 38.5 Å². The fraction of sp³-hybridized carbons (Fsp3) is 0.500. The van der Waals surface area contributed by atoms with E-state index in [4.69, 9.17) is 10.5 Å². The number of hydrogen-bond acceptors (Lipinski definition) is 6. The zero-order chi connectivity index (χ0) is 18.1. The third-order valence-corrected chi connectivity index (χ3v) is 5.86. The summed E-state index contributed by atoms with van der Waals surface area (Å²) in [5.41, 5.74) is 6.13. The minimum Gasteiger partial charge on any atom is -0.497 e. The summed E-state index contributed by atoms with van der Waals surface area (Å²) < 4.78 is 5.22. The number of amides is 1. The Morgan fingerprint density at radius 2 is 2.00 bits per heavy atom. The fourth-order valence-electron chi connectivity index (χ4n) is 3.47. The summed E-state index contributed by atoms with van der Waals surface area (Å²) in [6.45, 7) is 4.90. The molecule has 0 unspecified atom stereocenters. The molecular formula is C18H24N4O2S. The lowest BCUT2D eigenvalue weighted by atomic mass is 9.87. The number of methoxy groups -OCH3 is 1. The van der Waals surface area contributed by atoms with Crippen LogP contribution in [0.4, 0.5) is 5.13 Å². The maximum absolute atomic E-state index is 12.9. The van der Waals surface area contributed by atoms with Gasteiger partial charge >= 0.3 is 0 Å². The molecule has 1 aliphatic carbocycles. The largest absolute Gasteiger partial charge is 0.497 e. The van der Waals surface area contributed by atoms with E-state index in [2.05, 4.69) is 29.4 Å². The molecule has 3 N–H and O–H groups in total. The molecule has 0 spiro atoms. The van der Waals surface area contributed by atoms with Crippen molar-refractivity contribution in [1.82, 2.24) is 15.5 Å². The van der Waals surface area contributed by atoms with Crippen molar-refractivity contribution in [2.24, 2.45) is 5.41 Å². The van der Waals surface area contributed by atoms with Crippen molar-refractivity contribution < 1.29 is 9.53 Å². The summed E-state index contributed by atoms with van der Waals surface area (Å²) in [7, 11) is 1.64. The summed E-state index contributed by atoms with van der Waals surface area (Å²) in [5.74, 6) is 0.897. The Balaban J connectivity index is 1.61. The molecule has 0 bridgehead atoms. The van der Waals surface area contributed by atoms with E-state index in [-0.39, 0.29) is 11.3 Å². The zero-order valence-electron chi connectivity index (χ0n) is 14.8. The maximum Gasteiger partial charge on any atom is 0.231 e. The van der Waals surface area contributed by atoms with Crippen LogP contribution in [-0.2, 0) is 16.6 Å². The van der Waals surface area contributed by atoms with Crippen molar-refractivity contribution in [3.63, 3.8) is 0 Å². The smallest absolute Gasteiger partial charge is 0.231 e. The summed E-state index contributed by atoms with van der Waals surface area (Å²) in [5, 5.41) is 12.3.